The van der Waals surface area contributed by atoms with Gasteiger partial charge in [0.2, 0.25) is 10.0 Å². The van der Waals surface area contributed by atoms with Crippen molar-refractivity contribution in [3.8, 4) is 11.3 Å². The van der Waals surface area contributed by atoms with Crippen molar-refractivity contribution < 1.29 is 36.2 Å². The van der Waals surface area contributed by atoms with Crippen molar-refractivity contribution in [2.24, 2.45) is 0 Å². The second-order valence-electron chi connectivity index (χ2n) is 7.26. The number of sulfonamides is 1. The van der Waals surface area contributed by atoms with Crippen molar-refractivity contribution in [3.05, 3.63) is 53.2 Å². The minimum atomic E-state index is -4.78. The minimum Gasteiger partial charge on any atom is -0.478 e. The minimum absolute atomic E-state index is 0.0292. The van der Waals surface area contributed by atoms with Crippen LogP contribution in [0, 0.1) is 0 Å². The van der Waals surface area contributed by atoms with Crippen LogP contribution < -0.4 is 0 Å². The lowest BCUT2D eigenvalue weighted by molar-refractivity contribution is -0.137. The van der Waals surface area contributed by atoms with Crippen LogP contribution in [-0.4, -0.2) is 55.1 Å². The van der Waals surface area contributed by atoms with Crippen LogP contribution in [0.1, 0.15) is 24.6 Å². The van der Waals surface area contributed by atoms with Crippen molar-refractivity contribution in [1.29, 1.82) is 0 Å². The highest BCUT2D eigenvalue weighted by Gasteiger charge is 2.35. The zero-order chi connectivity index (χ0) is 23.7. The monoisotopic (exact) mass is 470 g/mol. The molecule has 1 aromatic carbocycles. The quantitative estimate of drug-likeness (QED) is 0.467. The van der Waals surface area contributed by atoms with E-state index in [2.05, 4.69) is 4.98 Å². The fraction of sp³-hybridized carbons (Fsp3) is 0.333. The maximum Gasteiger partial charge on any atom is 0.416 e. The molecule has 0 aliphatic carbocycles. The van der Waals surface area contributed by atoms with E-state index in [1.165, 1.54) is 31.3 Å². The number of nitrogens with zero attached hydrogens (tertiary/aromatic N) is 2. The van der Waals surface area contributed by atoms with E-state index >= 15 is 0 Å². The number of hydrogen-bond acceptors (Lipinski definition) is 5. The normalized spacial score (nSPS) is 16.9. The number of carboxylic acid groups (broad SMARTS) is 1. The van der Waals surface area contributed by atoms with E-state index in [4.69, 9.17) is 4.74 Å². The van der Waals surface area contributed by atoms with E-state index in [1.807, 2.05) is 0 Å². The molecule has 0 radical (unpaired) electrons. The van der Waals surface area contributed by atoms with Gasteiger partial charge < -0.3 is 9.84 Å². The molecule has 1 N–H and O–H groups in total. The third-order valence-corrected chi connectivity index (χ3v) is 6.65. The number of likely N-dealkylation sites (N-methyl/N-ethyl adjacent to an activating group) is 1. The van der Waals surface area contributed by atoms with Crippen molar-refractivity contribution >= 4 is 22.1 Å². The zero-order valence-electron chi connectivity index (χ0n) is 17.3. The van der Waals surface area contributed by atoms with Crippen molar-refractivity contribution in [1.82, 2.24) is 9.29 Å². The van der Waals surface area contributed by atoms with Gasteiger partial charge in [-0.15, -0.1) is 0 Å². The number of carboxylic acids is 1. The van der Waals surface area contributed by atoms with Crippen LogP contribution in [0.25, 0.3) is 17.3 Å². The van der Waals surface area contributed by atoms with Crippen LogP contribution in [0.2, 0.25) is 0 Å². The Morgan fingerprint density at radius 1 is 1.31 bits per heavy atom. The van der Waals surface area contributed by atoms with E-state index in [9.17, 15) is 31.5 Å². The first-order valence-electron chi connectivity index (χ1n) is 9.63. The molecule has 0 spiro atoms. The number of aliphatic carboxylic acids is 1. The molecule has 172 valence electrons. The molecule has 2 aromatic rings. The smallest absolute Gasteiger partial charge is 0.416 e. The highest BCUT2D eigenvalue weighted by atomic mass is 32.2. The molecule has 1 unspecified atom stereocenters. The Balaban J connectivity index is 2.10. The van der Waals surface area contributed by atoms with Gasteiger partial charge in [0.15, 0.2) is 0 Å². The molecule has 3 rings (SSSR count). The fourth-order valence-corrected chi connectivity index (χ4v) is 4.26. The lowest BCUT2D eigenvalue weighted by atomic mass is 10.1. The highest BCUT2D eigenvalue weighted by Crippen LogP contribution is 2.35. The van der Waals surface area contributed by atoms with Gasteiger partial charge in [0, 0.05) is 24.7 Å². The summed E-state index contributed by atoms with van der Waals surface area (Å²) in [6, 6.07) is 6.98. The maximum absolute atomic E-state index is 13.5. The molecule has 1 aromatic heterocycles. The largest absolute Gasteiger partial charge is 0.478 e. The van der Waals surface area contributed by atoms with Gasteiger partial charge in [0.25, 0.3) is 0 Å². The molecule has 1 fully saturated rings. The molecular formula is C21H21F3N2O5S. The average molecular weight is 470 g/mol. The summed E-state index contributed by atoms with van der Waals surface area (Å²) < 4.78 is 72.4. The zero-order valence-corrected chi connectivity index (χ0v) is 18.1. The maximum atomic E-state index is 13.5. The third-order valence-electron chi connectivity index (χ3n) is 4.85. The van der Waals surface area contributed by atoms with Gasteiger partial charge in [-0.2, -0.15) is 17.5 Å². The number of carbonyl (C=O) groups is 1. The Morgan fingerprint density at radius 3 is 2.56 bits per heavy atom. The number of pyridine rings is 1. The fourth-order valence-electron chi connectivity index (χ4n) is 2.98. The van der Waals surface area contributed by atoms with Crippen molar-refractivity contribution in [2.45, 2.75) is 30.5 Å². The van der Waals surface area contributed by atoms with Gasteiger partial charge >= 0.3 is 12.1 Å². The van der Waals surface area contributed by atoms with E-state index in [1.54, 1.807) is 6.92 Å². The van der Waals surface area contributed by atoms with Crippen LogP contribution in [0.5, 0.6) is 0 Å². The van der Waals surface area contributed by atoms with Gasteiger partial charge in [-0.25, -0.2) is 18.2 Å². The van der Waals surface area contributed by atoms with Crippen molar-refractivity contribution in [3.63, 3.8) is 0 Å². The van der Waals surface area contributed by atoms with Gasteiger partial charge in [-0.05, 0) is 42.8 Å². The Morgan fingerprint density at radius 2 is 2.00 bits per heavy atom. The third kappa shape index (κ3) is 5.53. The van der Waals surface area contributed by atoms with E-state index < -0.39 is 32.6 Å². The van der Waals surface area contributed by atoms with E-state index in [-0.39, 0.29) is 41.6 Å². The lowest BCUT2D eigenvalue weighted by Crippen LogP contribution is -2.30. The molecule has 1 aliphatic heterocycles. The summed E-state index contributed by atoms with van der Waals surface area (Å²) in [5, 5.41) is 9.19. The van der Waals surface area contributed by atoms with Gasteiger partial charge in [0.05, 0.1) is 34.6 Å². The van der Waals surface area contributed by atoms with Crippen molar-refractivity contribution in [2.75, 3.05) is 20.2 Å². The van der Waals surface area contributed by atoms with Crippen LogP contribution >= 0.6 is 0 Å². The number of ether oxygens (including phenoxy) is 1. The number of rotatable bonds is 8. The molecule has 32 heavy (non-hydrogen) atoms. The summed E-state index contributed by atoms with van der Waals surface area (Å²) in [4.78, 5) is 15.0. The second kappa shape index (κ2) is 9.00. The first-order valence-corrected chi connectivity index (χ1v) is 11.1. The molecule has 0 bridgehead atoms. The molecule has 0 saturated carbocycles. The topological polar surface area (TPSA) is 100 Å². The molecule has 0 amide bonds. The number of halogens is 3. The second-order valence-corrected chi connectivity index (χ2v) is 9.31. The van der Waals surface area contributed by atoms with Gasteiger partial charge in [0.1, 0.15) is 0 Å². The molecule has 1 atom stereocenters. The van der Waals surface area contributed by atoms with E-state index in [0.29, 0.717) is 12.7 Å². The Kier molecular flexibility index (Phi) is 6.72. The SMILES string of the molecule is CCC(=Cc1cccc(-c2cc(C(F)(F)F)cc(S(=O)(=O)N(C)CC3CO3)c2)n1)C(=O)O. The Bertz CT molecular complexity index is 1160. The molecule has 1 saturated heterocycles. The van der Waals surface area contributed by atoms with Gasteiger partial charge in [-0.3, -0.25) is 0 Å². The summed E-state index contributed by atoms with van der Waals surface area (Å²) in [6.45, 7) is 2.08. The first-order chi connectivity index (χ1) is 14.9. The summed E-state index contributed by atoms with van der Waals surface area (Å²) in [5.74, 6) is -1.13. The summed E-state index contributed by atoms with van der Waals surface area (Å²) >= 11 is 0. The first kappa shape index (κ1) is 23.9. The standard InChI is InChI=1S/C21H21F3N2O5S/c1-3-13(20(27)28)8-16-5-4-6-19(25-16)14-7-15(21(22,23)24)10-18(9-14)32(29,30)26(2)11-17-12-31-17/h4-10,17H,3,11-12H2,1-2H3,(H,27,28). The molecule has 11 heteroatoms. The number of benzene rings is 1. The van der Waals surface area contributed by atoms with E-state index in [0.717, 1.165) is 16.4 Å². The molecule has 2 heterocycles. The number of hydrogen-bond donors (Lipinski definition) is 1. The molecule has 7 nitrogen and oxygen atoms in total. The predicted octanol–water partition coefficient (Wildman–Crippen LogP) is 3.66. The summed E-state index contributed by atoms with van der Waals surface area (Å²) in [7, 11) is -2.94. The predicted molar refractivity (Wildman–Crippen MR) is 110 cm³/mol. The van der Waals surface area contributed by atoms with Gasteiger partial charge in [-0.1, -0.05) is 13.0 Å². The number of epoxide rings is 1. The summed E-state index contributed by atoms with van der Waals surface area (Å²) in [5.41, 5.74) is -0.807. The number of aromatic nitrogens is 1. The molecule has 1 aliphatic rings. The summed E-state index contributed by atoms with van der Waals surface area (Å²) in [6.07, 6.45) is -3.51. The average Bonchev–Trinajstić information content (AvgIpc) is 3.55. The van der Waals surface area contributed by atoms with Crippen LogP contribution in [0.3, 0.4) is 0 Å². The van der Waals surface area contributed by atoms with Crippen LogP contribution in [0.15, 0.2) is 46.9 Å². The van der Waals surface area contributed by atoms with Crippen LogP contribution in [-0.2, 0) is 25.7 Å². The number of alkyl halides is 3. The molecular weight excluding hydrogens is 449 g/mol. The Hall–Kier alpha value is -2.76. The van der Waals surface area contributed by atoms with Crippen LogP contribution in [0.4, 0.5) is 13.2 Å². The highest BCUT2D eigenvalue weighted by molar-refractivity contribution is 7.89. The lowest BCUT2D eigenvalue weighted by Gasteiger charge is -2.18. The Labute approximate surface area is 183 Å².